The molecule has 0 aliphatic carbocycles. The molecule has 0 bridgehead atoms. The number of carbonyl (C=O) groups excluding carboxylic acids is 4. The van der Waals surface area contributed by atoms with Gasteiger partial charge in [-0.3, -0.25) is 24.1 Å². The molecule has 1 aromatic rings. The Morgan fingerprint density at radius 2 is 1.79 bits per heavy atom. The Morgan fingerprint density at radius 3 is 2.29 bits per heavy atom. The molecule has 7 nitrogen and oxygen atoms in total. The van der Waals surface area contributed by atoms with E-state index in [2.05, 4.69) is 11.3 Å². The molecule has 0 fully saturated rings. The monoisotopic (exact) mass is 330 g/mol. The molecular weight excluding hydrogens is 312 g/mol. The Balaban J connectivity index is 2.07. The van der Waals surface area contributed by atoms with E-state index in [0.717, 1.165) is 4.90 Å². The lowest BCUT2D eigenvalue weighted by Crippen LogP contribution is -2.43. The highest BCUT2D eigenvalue weighted by Gasteiger charge is 2.36. The van der Waals surface area contributed by atoms with Crippen molar-refractivity contribution >= 4 is 23.7 Å². The minimum Gasteiger partial charge on any atom is -0.469 e. The topological polar surface area (TPSA) is 84.0 Å². The Hall–Kier alpha value is -2.96. The normalized spacial score (nSPS) is 12.8. The first-order valence-electron chi connectivity index (χ1n) is 7.40. The van der Waals surface area contributed by atoms with Crippen molar-refractivity contribution in [2.24, 2.45) is 0 Å². The van der Waals surface area contributed by atoms with Gasteiger partial charge in [-0.15, -0.1) is 6.58 Å². The maximum absolute atomic E-state index is 12.4. The molecule has 0 N–H and O–H groups in total. The van der Waals surface area contributed by atoms with Gasteiger partial charge in [0.25, 0.3) is 11.8 Å². The molecule has 0 saturated heterocycles. The van der Waals surface area contributed by atoms with Crippen LogP contribution >= 0.6 is 0 Å². The van der Waals surface area contributed by atoms with Gasteiger partial charge in [0.1, 0.15) is 6.54 Å². The van der Waals surface area contributed by atoms with E-state index < -0.39 is 23.7 Å². The number of benzene rings is 1. The van der Waals surface area contributed by atoms with E-state index in [1.807, 2.05) is 0 Å². The predicted octanol–water partition coefficient (Wildman–Crippen LogP) is 0.860. The predicted molar refractivity (Wildman–Crippen MR) is 85.2 cm³/mol. The molecule has 1 heterocycles. The summed E-state index contributed by atoms with van der Waals surface area (Å²) in [6.45, 7) is 3.53. The summed E-state index contributed by atoms with van der Waals surface area (Å²) in [5.74, 6) is -1.86. The summed E-state index contributed by atoms with van der Waals surface area (Å²) >= 11 is 0. The van der Waals surface area contributed by atoms with Crippen molar-refractivity contribution in [1.82, 2.24) is 9.80 Å². The SMILES string of the molecule is C=CCN(CCC(=O)OC)C(=O)CN1C(=O)c2ccccc2C1=O. The van der Waals surface area contributed by atoms with Gasteiger partial charge in [-0.05, 0) is 12.1 Å². The molecule has 0 unspecified atom stereocenters. The highest BCUT2D eigenvalue weighted by atomic mass is 16.5. The van der Waals surface area contributed by atoms with Gasteiger partial charge in [0, 0.05) is 13.1 Å². The maximum atomic E-state index is 12.4. The number of imide groups is 1. The molecule has 126 valence electrons. The summed E-state index contributed by atoms with van der Waals surface area (Å²) in [6, 6.07) is 6.43. The van der Waals surface area contributed by atoms with Crippen LogP contribution in [0, 0.1) is 0 Å². The Morgan fingerprint density at radius 1 is 1.21 bits per heavy atom. The van der Waals surface area contributed by atoms with Gasteiger partial charge in [0.2, 0.25) is 5.91 Å². The highest BCUT2D eigenvalue weighted by molar-refractivity contribution is 6.22. The van der Waals surface area contributed by atoms with Crippen molar-refractivity contribution in [3.05, 3.63) is 48.0 Å². The Kier molecular flexibility index (Phi) is 5.47. The fourth-order valence-electron chi connectivity index (χ4n) is 2.42. The van der Waals surface area contributed by atoms with Crippen LogP contribution in [0.3, 0.4) is 0 Å². The minimum absolute atomic E-state index is 0.0260. The van der Waals surface area contributed by atoms with E-state index in [-0.39, 0.29) is 26.1 Å². The molecule has 0 aromatic heterocycles. The fraction of sp³-hybridized carbons (Fsp3) is 0.294. The number of amides is 3. The molecule has 7 heteroatoms. The van der Waals surface area contributed by atoms with Crippen molar-refractivity contribution in [2.45, 2.75) is 6.42 Å². The number of ether oxygens (including phenoxy) is 1. The second-order valence-electron chi connectivity index (χ2n) is 5.20. The summed E-state index contributed by atoms with van der Waals surface area (Å²) in [5.41, 5.74) is 0.584. The van der Waals surface area contributed by atoms with Crippen LogP contribution < -0.4 is 0 Å². The van der Waals surface area contributed by atoms with Crippen LogP contribution in [0.1, 0.15) is 27.1 Å². The van der Waals surface area contributed by atoms with E-state index >= 15 is 0 Å². The fourth-order valence-corrected chi connectivity index (χ4v) is 2.42. The summed E-state index contributed by atoms with van der Waals surface area (Å²) in [4.78, 5) is 50.5. The summed E-state index contributed by atoms with van der Waals surface area (Å²) in [7, 11) is 1.26. The molecule has 0 radical (unpaired) electrons. The van der Waals surface area contributed by atoms with E-state index in [4.69, 9.17) is 0 Å². The molecule has 0 spiro atoms. The third-order valence-electron chi connectivity index (χ3n) is 3.69. The minimum atomic E-state index is -0.490. The van der Waals surface area contributed by atoms with Crippen LogP contribution in [0.5, 0.6) is 0 Å². The Bertz CT molecular complexity index is 663. The first-order valence-corrected chi connectivity index (χ1v) is 7.40. The first kappa shape index (κ1) is 17.4. The Labute approximate surface area is 139 Å². The van der Waals surface area contributed by atoms with Crippen molar-refractivity contribution in [1.29, 1.82) is 0 Å². The molecule has 3 amide bonds. The maximum Gasteiger partial charge on any atom is 0.307 e. The van der Waals surface area contributed by atoms with Gasteiger partial charge >= 0.3 is 5.97 Å². The third-order valence-corrected chi connectivity index (χ3v) is 3.69. The number of esters is 1. The molecule has 24 heavy (non-hydrogen) atoms. The van der Waals surface area contributed by atoms with Crippen LogP contribution in [-0.4, -0.2) is 60.2 Å². The molecule has 1 aliphatic heterocycles. The van der Waals surface area contributed by atoms with Gasteiger partial charge < -0.3 is 9.64 Å². The standard InChI is InChI=1S/C17H18N2O5/c1-3-9-18(10-8-15(21)24-2)14(20)11-19-16(22)12-6-4-5-7-13(12)17(19)23/h3-7H,1,8-11H2,2H3. The molecular formula is C17H18N2O5. The van der Waals surface area contributed by atoms with E-state index in [9.17, 15) is 19.2 Å². The second kappa shape index (κ2) is 7.54. The van der Waals surface area contributed by atoms with Crippen molar-refractivity contribution in [3.63, 3.8) is 0 Å². The molecule has 1 aromatic carbocycles. The number of rotatable bonds is 7. The number of fused-ring (bicyclic) bond motifs is 1. The molecule has 0 saturated carbocycles. The van der Waals surface area contributed by atoms with Crippen LogP contribution in [0.2, 0.25) is 0 Å². The number of nitrogens with zero attached hydrogens (tertiary/aromatic N) is 2. The highest BCUT2D eigenvalue weighted by Crippen LogP contribution is 2.22. The average Bonchev–Trinajstić information content (AvgIpc) is 2.83. The van der Waals surface area contributed by atoms with Gasteiger partial charge in [0.15, 0.2) is 0 Å². The van der Waals surface area contributed by atoms with Crippen LogP contribution in [0.15, 0.2) is 36.9 Å². The zero-order valence-electron chi connectivity index (χ0n) is 13.4. The summed E-state index contributed by atoms with van der Waals surface area (Å²) in [6.07, 6.45) is 1.54. The van der Waals surface area contributed by atoms with Crippen LogP contribution in [-0.2, 0) is 14.3 Å². The van der Waals surface area contributed by atoms with E-state index in [1.165, 1.54) is 18.1 Å². The van der Waals surface area contributed by atoms with Gasteiger partial charge in [-0.25, -0.2) is 0 Å². The quantitative estimate of drug-likeness (QED) is 0.421. The lowest BCUT2D eigenvalue weighted by molar-refractivity contribution is -0.141. The second-order valence-corrected chi connectivity index (χ2v) is 5.20. The van der Waals surface area contributed by atoms with Gasteiger partial charge in [0.05, 0.1) is 24.7 Å². The molecule has 2 rings (SSSR count). The van der Waals surface area contributed by atoms with E-state index in [0.29, 0.717) is 11.1 Å². The van der Waals surface area contributed by atoms with Gasteiger partial charge in [-0.2, -0.15) is 0 Å². The lowest BCUT2D eigenvalue weighted by atomic mass is 10.1. The largest absolute Gasteiger partial charge is 0.469 e. The van der Waals surface area contributed by atoms with Crippen LogP contribution in [0.25, 0.3) is 0 Å². The van der Waals surface area contributed by atoms with Gasteiger partial charge in [-0.1, -0.05) is 18.2 Å². The molecule has 1 aliphatic rings. The zero-order chi connectivity index (χ0) is 17.7. The lowest BCUT2D eigenvalue weighted by Gasteiger charge is -2.23. The smallest absolute Gasteiger partial charge is 0.307 e. The van der Waals surface area contributed by atoms with Crippen molar-refractivity contribution < 1.29 is 23.9 Å². The average molecular weight is 330 g/mol. The van der Waals surface area contributed by atoms with Crippen molar-refractivity contribution in [3.8, 4) is 0 Å². The number of hydrogen-bond donors (Lipinski definition) is 0. The number of hydrogen-bond acceptors (Lipinski definition) is 5. The third kappa shape index (κ3) is 3.51. The zero-order valence-corrected chi connectivity index (χ0v) is 13.4. The van der Waals surface area contributed by atoms with E-state index in [1.54, 1.807) is 24.3 Å². The molecule has 0 atom stereocenters. The number of carbonyl (C=O) groups is 4. The first-order chi connectivity index (χ1) is 11.5. The van der Waals surface area contributed by atoms with Crippen LogP contribution in [0.4, 0.5) is 0 Å². The summed E-state index contributed by atoms with van der Waals surface area (Å²) < 4.78 is 4.55. The number of methoxy groups -OCH3 is 1. The van der Waals surface area contributed by atoms with Crippen molar-refractivity contribution in [2.75, 3.05) is 26.7 Å². The summed E-state index contributed by atoms with van der Waals surface area (Å²) in [5, 5.41) is 0.